The summed E-state index contributed by atoms with van der Waals surface area (Å²) in [6, 6.07) is 73.4. The van der Waals surface area contributed by atoms with Gasteiger partial charge in [0, 0.05) is 61.5 Å². The molecule has 0 atom stereocenters. The van der Waals surface area contributed by atoms with Crippen LogP contribution in [0.15, 0.2) is 223 Å². The van der Waals surface area contributed by atoms with Crippen LogP contribution < -0.4 is 0 Å². The number of aromatic nitrogens is 4. The number of pyridine rings is 2. The van der Waals surface area contributed by atoms with E-state index in [2.05, 4.69) is 196 Å². The fourth-order valence-corrected chi connectivity index (χ4v) is 9.87. The summed E-state index contributed by atoms with van der Waals surface area (Å²) in [4.78, 5) is 9.38. The van der Waals surface area contributed by atoms with Crippen molar-refractivity contribution in [2.75, 3.05) is 0 Å². The Kier molecular flexibility index (Phi) is 7.84. The van der Waals surface area contributed by atoms with E-state index in [1.807, 2.05) is 36.7 Å². The van der Waals surface area contributed by atoms with Crippen LogP contribution >= 0.6 is 0 Å². The molecule has 13 aromatic rings. The number of benzene rings is 8. The summed E-state index contributed by atoms with van der Waals surface area (Å²) in [5.41, 5.74) is 17.1. The number of hydrogen-bond acceptors (Lipinski definition) is 3. The first-order valence-corrected chi connectivity index (χ1v) is 21.3. The fraction of sp³-hybridized carbons (Fsp3) is 0. The number of nitrogens with zero attached hydrogens (tertiary/aromatic N) is 4. The van der Waals surface area contributed by atoms with E-state index in [1.165, 1.54) is 21.5 Å². The molecule has 0 aliphatic carbocycles. The average molecular weight is 805 g/mol. The monoisotopic (exact) mass is 804 g/mol. The zero-order valence-electron chi connectivity index (χ0n) is 34.0. The van der Waals surface area contributed by atoms with E-state index < -0.39 is 0 Å². The molecule has 0 aliphatic rings. The Balaban J connectivity index is 0.960. The van der Waals surface area contributed by atoms with Gasteiger partial charge < -0.3 is 13.6 Å². The van der Waals surface area contributed by atoms with Crippen molar-refractivity contribution >= 4 is 65.6 Å². The van der Waals surface area contributed by atoms with Gasteiger partial charge in [-0.15, -0.1) is 0 Å². The molecule has 5 heteroatoms. The van der Waals surface area contributed by atoms with Gasteiger partial charge in [0.1, 0.15) is 5.58 Å². The summed E-state index contributed by atoms with van der Waals surface area (Å²) < 4.78 is 11.6. The first-order valence-electron chi connectivity index (χ1n) is 21.3. The number of hydrogen-bond donors (Lipinski definition) is 0. The van der Waals surface area contributed by atoms with Crippen LogP contribution in [-0.4, -0.2) is 19.1 Å². The molecule has 0 saturated carbocycles. The quantitative estimate of drug-likeness (QED) is 0.168. The maximum atomic E-state index is 6.88. The number of fused-ring (bicyclic) bond motifs is 9. The van der Waals surface area contributed by atoms with Crippen molar-refractivity contribution in [3.8, 4) is 56.1 Å². The van der Waals surface area contributed by atoms with Crippen molar-refractivity contribution in [3.05, 3.63) is 219 Å². The van der Waals surface area contributed by atoms with Crippen LogP contribution in [0.4, 0.5) is 0 Å². The van der Waals surface area contributed by atoms with Crippen LogP contribution in [-0.2, 0) is 0 Å². The molecule has 0 radical (unpaired) electrons. The molecule has 63 heavy (non-hydrogen) atoms. The second kappa shape index (κ2) is 14.0. The molecule has 8 aromatic carbocycles. The van der Waals surface area contributed by atoms with Gasteiger partial charge in [-0.1, -0.05) is 121 Å². The van der Waals surface area contributed by atoms with E-state index in [9.17, 15) is 0 Å². The van der Waals surface area contributed by atoms with Crippen LogP contribution in [0.5, 0.6) is 0 Å². The zero-order valence-corrected chi connectivity index (χ0v) is 34.0. The van der Waals surface area contributed by atoms with Gasteiger partial charge >= 0.3 is 0 Å². The average Bonchev–Trinajstić information content (AvgIpc) is 4.01. The second-order valence-electron chi connectivity index (χ2n) is 16.1. The molecule has 0 amide bonds. The Labute approximate surface area is 362 Å². The van der Waals surface area contributed by atoms with Gasteiger partial charge in [0.25, 0.3) is 0 Å². The second-order valence-corrected chi connectivity index (χ2v) is 16.1. The van der Waals surface area contributed by atoms with E-state index in [4.69, 9.17) is 9.40 Å². The summed E-state index contributed by atoms with van der Waals surface area (Å²) in [5.74, 6) is 0. The topological polar surface area (TPSA) is 48.8 Å². The van der Waals surface area contributed by atoms with Crippen molar-refractivity contribution < 1.29 is 4.42 Å². The molecule has 0 spiro atoms. The molecule has 0 aliphatic heterocycles. The normalized spacial score (nSPS) is 11.8. The fourth-order valence-electron chi connectivity index (χ4n) is 9.87. The highest BCUT2D eigenvalue weighted by molar-refractivity contribution is 6.15. The molecular weight excluding hydrogens is 769 g/mol. The lowest BCUT2D eigenvalue weighted by Gasteiger charge is -2.11. The largest absolute Gasteiger partial charge is 0.454 e. The molecule has 0 N–H and O–H groups in total. The van der Waals surface area contributed by atoms with E-state index in [0.29, 0.717) is 0 Å². The predicted octanol–water partition coefficient (Wildman–Crippen LogP) is 15.2. The highest BCUT2D eigenvalue weighted by Gasteiger charge is 2.21. The number of para-hydroxylation sites is 3. The van der Waals surface area contributed by atoms with Gasteiger partial charge in [0.15, 0.2) is 5.58 Å². The molecule has 294 valence electrons. The highest BCUT2D eigenvalue weighted by atomic mass is 16.3. The van der Waals surface area contributed by atoms with Crippen molar-refractivity contribution in [2.24, 2.45) is 0 Å². The smallest absolute Gasteiger partial charge is 0.159 e. The Hall–Kier alpha value is -8.54. The summed E-state index contributed by atoms with van der Waals surface area (Å²) in [5, 5.41) is 6.93. The Morgan fingerprint density at radius 3 is 1.44 bits per heavy atom. The van der Waals surface area contributed by atoms with Gasteiger partial charge in [-0.25, -0.2) is 0 Å². The minimum Gasteiger partial charge on any atom is -0.454 e. The van der Waals surface area contributed by atoms with Gasteiger partial charge in [-0.05, 0) is 107 Å². The van der Waals surface area contributed by atoms with Gasteiger partial charge in [0.05, 0.1) is 39.1 Å². The minimum absolute atomic E-state index is 0.851. The molecule has 5 heterocycles. The molecule has 5 nitrogen and oxygen atoms in total. The summed E-state index contributed by atoms with van der Waals surface area (Å²) in [6.07, 6.45) is 3.71. The third-order valence-electron chi connectivity index (χ3n) is 12.7. The van der Waals surface area contributed by atoms with Crippen molar-refractivity contribution in [3.63, 3.8) is 0 Å². The molecule has 5 aromatic heterocycles. The molecule has 0 bridgehead atoms. The SMILES string of the molecule is c1ccc(-c2ccccc2-c2ccc3c(c2)c2ccccc2n3-c2ccc3oc4c(-n5c6ccccc6c6cc(-c7ccccc7-c7ccccn7)ccc65)cccc4c3c2)nc1. The molecule has 13 rings (SSSR count). The van der Waals surface area contributed by atoms with Crippen LogP contribution in [0.25, 0.3) is 122 Å². The lowest BCUT2D eigenvalue weighted by Crippen LogP contribution is -1.94. The van der Waals surface area contributed by atoms with E-state index in [-0.39, 0.29) is 0 Å². The lowest BCUT2D eigenvalue weighted by molar-refractivity contribution is 0.666. The first kappa shape index (κ1) is 35.2. The molecule has 0 saturated heterocycles. The van der Waals surface area contributed by atoms with Gasteiger partial charge in [-0.3, -0.25) is 9.97 Å². The Morgan fingerprint density at radius 1 is 0.333 bits per heavy atom. The van der Waals surface area contributed by atoms with Gasteiger partial charge in [0.2, 0.25) is 0 Å². The van der Waals surface area contributed by atoms with Gasteiger partial charge in [-0.2, -0.15) is 0 Å². The first-order chi connectivity index (χ1) is 31.3. The van der Waals surface area contributed by atoms with Crippen molar-refractivity contribution in [1.29, 1.82) is 0 Å². The minimum atomic E-state index is 0.851. The van der Waals surface area contributed by atoms with E-state index in [0.717, 1.165) is 100 Å². The third-order valence-corrected chi connectivity index (χ3v) is 12.7. The highest BCUT2D eigenvalue weighted by Crippen LogP contribution is 2.42. The van der Waals surface area contributed by atoms with E-state index >= 15 is 0 Å². The van der Waals surface area contributed by atoms with Crippen LogP contribution in [0.3, 0.4) is 0 Å². The summed E-state index contributed by atoms with van der Waals surface area (Å²) in [7, 11) is 0. The standard InChI is InChI=1S/C58H36N4O/c1-3-16-42(50-21-9-11-32-59-50)40(14-1)37-26-29-54-47(34-37)44-18-5-7-23-52(44)61(54)39-28-31-57-49(36-39)46-20-13-25-56(58(46)63-57)62-53-24-8-6-19-45(53)48-35-38(27-30-55(48)62)41-15-2-4-17-43(41)51-22-10-12-33-60-51/h1-36H. The van der Waals surface area contributed by atoms with Crippen LogP contribution in [0, 0.1) is 0 Å². The summed E-state index contributed by atoms with van der Waals surface area (Å²) in [6.45, 7) is 0. The number of furan rings is 1. The molecular formula is C58H36N4O. The predicted molar refractivity (Wildman–Crippen MR) is 260 cm³/mol. The Morgan fingerprint density at radius 2 is 0.841 bits per heavy atom. The van der Waals surface area contributed by atoms with Crippen molar-refractivity contribution in [1.82, 2.24) is 19.1 Å². The maximum Gasteiger partial charge on any atom is 0.159 e. The molecule has 0 fully saturated rings. The third kappa shape index (κ3) is 5.50. The summed E-state index contributed by atoms with van der Waals surface area (Å²) >= 11 is 0. The van der Waals surface area contributed by atoms with Crippen LogP contribution in [0.2, 0.25) is 0 Å². The molecule has 0 unspecified atom stereocenters. The zero-order chi connectivity index (χ0) is 41.4. The number of rotatable bonds is 6. The lowest BCUT2D eigenvalue weighted by atomic mass is 9.96. The van der Waals surface area contributed by atoms with Crippen molar-refractivity contribution in [2.45, 2.75) is 0 Å². The van der Waals surface area contributed by atoms with E-state index in [1.54, 1.807) is 0 Å². The Bertz CT molecular complexity index is 3910. The maximum absolute atomic E-state index is 6.88. The van der Waals surface area contributed by atoms with Crippen LogP contribution in [0.1, 0.15) is 0 Å².